The van der Waals surface area contributed by atoms with Crippen molar-refractivity contribution >= 4 is 35.5 Å². The molecule has 0 N–H and O–H groups in total. The van der Waals surface area contributed by atoms with E-state index in [1.807, 2.05) is 44.3 Å². The smallest absolute Gasteiger partial charge is 0.261 e. The number of aromatic nitrogens is 1. The van der Waals surface area contributed by atoms with E-state index in [0.717, 1.165) is 55.5 Å². The molecule has 0 atom stereocenters. The number of para-hydroxylation sites is 2. The van der Waals surface area contributed by atoms with Crippen molar-refractivity contribution in [1.29, 1.82) is 0 Å². The van der Waals surface area contributed by atoms with Gasteiger partial charge in [-0.2, -0.15) is 0 Å². The molecule has 0 radical (unpaired) electrons. The third-order valence-corrected chi connectivity index (χ3v) is 5.09. The SMILES string of the molecule is CCN(CC)CCCN1c2ccccc2N(C)C(=O)c2ccc(C)nc21.Cl. The van der Waals surface area contributed by atoms with E-state index in [0.29, 0.717) is 5.56 Å². The molecule has 0 unspecified atom stereocenters. The number of pyridine rings is 1. The number of aryl methyl sites for hydroxylation is 1. The van der Waals surface area contributed by atoms with Crippen molar-refractivity contribution in [3.63, 3.8) is 0 Å². The highest BCUT2D eigenvalue weighted by molar-refractivity contribution is 6.13. The second kappa shape index (κ2) is 9.20. The second-order valence-electron chi connectivity index (χ2n) is 6.71. The van der Waals surface area contributed by atoms with E-state index >= 15 is 0 Å². The molecule has 0 saturated carbocycles. The molecule has 146 valence electrons. The normalized spacial score (nSPS) is 13.1. The first-order valence-corrected chi connectivity index (χ1v) is 9.41. The van der Waals surface area contributed by atoms with Gasteiger partial charge >= 0.3 is 0 Å². The first-order chi connectivity index (χ1) is 12.6. The summed E-state index contributed by atoms with van der Waals surface area (Å²) in [5, 5.41) is 0. The molecule has 2 heterocycles. The lowest BCUT2D eigenvalue weighted by atomic mass is 10.2. The Bertz CT molecular complexity index is 792. The van der Waals surface area contributed by atoms with Crippen molar-refractivity contribution in [2.45, 2.75) is 27.2 Å². The summed E-state index contributed by atoms with van der Waals surface area (Å²) in [7, 11) is 1.84. The Kier molecular flexibility index (Phi) is 7.22. The molecule has 27 heavy (non-hydrogen) atoms. The number of hydrogen-bond acceptors (Lipinski definition) is 4. The molecule has 2 aromatic rings. The fourth-order valence-corrected chi connectivity index (χ4v) is 3.51. The number of rotatable bonds is 6. The summed E-state index contributed by atoms with van der Waals surface area (Å²) < 4.78 is 0. The molecule has 0 saturated heterocycles. The Balaban J connectivity index is 0.00000261. The zero-order valence-electron chi connectivity index (χ0n) is 16.6. The van der Waals surface area contributed by atoms with Crippen molar-refractivity contribution in [3.05, 3.63) is 47.7 Å². The molecule has 1 aliphatic heterocycles. The topological polar surface area (TPSA) is 39.7 Å². The highest BCUT2D eigenvalue weighted by atomic mass is 35.5. The van der Waals surface area contributed by atoms with Crippen LogP contribution in [-0.4, -0.2) is 49.0 Å². The van der Waals surface area contributed by atoms with Gasteiger partial charge in [0.1, 0.15) is 5.82 Å². The van der Waals surface area contributed by atoms with E-state index < -0.39 is 0 Å². The van der Waals surface area contributed by atoms with Crippen LogP contribution in [-0.2, 0) is 0 Å². The molecule has 0 spiro atoms. The Morgan fingerprint density at radius 3 is 2.37 bits per heavy atom. The average Bonchev–Trinajstić information content (AvgIpc) is 2.74. The molecule has 1 amide bonds. The number of halogens is 1. The lowest BCUT2D eigenvalue weighted by Gasteiger charge is -2.27. The van der Waals surface area contributed by atoms with Crippen LogP contribution < -0.4 is 9.80 Å². The maximum Gasteiger partial charge on any atom is 0.261 e. The number of nitrogens with zero attached hydrogens (tertiary/aromatic N) is 4. The predicted molar refractivity (Wildman–Crippen MR) is 115 cm³/mol. The average molecular weight is 389 g/mol. The van der Waals surface area contributed by atoms with Crippen molar-refractivity contribution < 1.29 is 4.79 Å². The summed E-state index contributed by atoms with van der Waals surface area (Å²) in [5.41, 5.74) is 3.56. The van der Waals surface area contributed by atoms with Crippen LogP contribution in [0.25, 0.3) is 0 Å². The maximum atomic E-state index is 13.0. The lowest BCUT2D eigenvalue weighted by molar-refractivity contribution is 0.0994. The number of benzene rings is 1. The quantitative estimate of drug-likeness (QED) is 0.740. The molecule has 3 rings (SSSR count). The summed E-state index contributed by atoms with van der Waals surface area (Å²) >= 11 is 0. The minimum absolute atomic E-state index is 0. The van der Waals surface area contributed by atoms with Crippen LogP contribution in [0.3, 0.4) is 0 Å². The van der Waals surface area contributed by atoms with E-state index in [-0.39, 0.29) is 18.3 Å². The first-order valence-electron chi connectivity index (χ1n) is 9.41. The number of fused-ring (bicyclic) bond motifs is 2. The Labute approximate surface area is 168 Å². The Morgan fingerprint density at radius 2 is 1.70 bits per heavy atom. The standard InChI is InChI=1S/C21H28N4O.ClH/c1-5-24(6-2)14-9-15-25-19-11-8-7-10-18(19)23(4)21(26)17-13-12-16(3)22-20(17)25;/h7-8,10-13H,5-6,9,14-15H2,1-4H3;1H. The van der Waals surface area contributed by atoms with Crippen molar-refractivity contribution in [2.75, 3.05) is 43.0 Å². The van der Waals surface area contributed by atoms with Gasteiger partial charge in [0.2, 0.25) is 0 Å². The first kappa shape index (κ1) is 21.2. The minimum Gasteiger partial charge on any atom is -0.324 e. The molecule has 1 aliphatic rings. The van der Waals surface area contributed by atoms with Crippen LogP contribution >= 0.6 is 12.4 Å². The highest BCUT2D eigenvalue weighted by Gasteiger charge is 2.29. The van der Waals surface area contributed by atoms with E-state index in [2.05, 4.69) is 29.7 Å². The summed E-state index contributed by atoms with van der Waals surface area (Å²) in [6.07, 6.45) is 1.02. The van der Waals surface area contributed by atoms with Crippen LogP contribution in [0.4, 0.5) is 17.2 Å². The molecule has 1 aromatic heterocycles. The van der Waals surface area contributed by atoms with E-state index in [1.54, 1.807) is 4.90 Å². The molecule has 0 bridgehead atoms. The van der Waals surface area contributed by atoms with E-state index in [9.17, 15) is 4.79 Å². The highest BCUT2D eigenvalue weighted by Crippen LogP contribution is 2.39. The molecular weight excluding hydrogens is 360 g/mol. The zero-order valence-corrected chi connectivity index (χ0v) is 17.4. The van der Waals surface area contributed by atoms with Gasteiger partial charge in [0.05, 0.1) is 16.9 Å². The number of hydrogen-bond donors (Lipinski definition) is 0. The van der Waals surface area contributed by atoms with Gasteiger partial charge in [-0.05, 0) is 57.2 Å². The van der Waals surface area contributed by atoms with Gasteiger partial charge in [-0.3, -0.25) is 4.79 Å². The number of carbonyl (C=O) groups is 1. The van der Waals surface area contributed by atoms with Crippen molar-refractivity contribution in [2.24, 2.45) is 0 Å². The van der Waals surface area contributed by atoms with Gasteiger partial charge in [0.25, 0.3) is 5.91 Å². The number of carbonyl (C=O) groups excluding carboxylic acids is 1. The van der Waals surface area contributed by atoms with E-state index in [4.69, 9.17) is 4.98 Å². The fraction of sp³-hybridized carbons (Fsp3) is 0.429. The summed E-state index contributed by atoms with van der Waals surface area (Å²) in [6.45, 7) is 10.3. The Morgan fingerprint density at radius 1 is 1.04 bits per heavy atom. The summed E-state index contributed by atoms with van der Waals surface area (Å²) in [6, 6.07) is 11.9. The van der Waals surface area contributed by atoms with Crippen LogP contribution in [0, 0.1) is 6.92 Å². The van der Waals surface area contributed by atoms with Gasteiger partial charge in [-0.25, -0.2) is 4.98 Å². The Hall–Kier alpha value is -2.11. The molecule has 1 aromatic carbocycles. The van der Waals surface area contributed by atoms with Crippen LogP contribution in [0.5, 0.6) is 0 Å². The van der Waals surface area contributed by atoms with Crippen LogP contribution in [0.1, 0.15) is 36.3 Å². The number of anilines is 3. The van der Waals surface area contributed by atoms with E-state index in [1.165, 1.54) is 0 Å². The van der Waals surface area contributed by atoms with Crippen LogP contribution in [0.15, 0.2) is 36.4 Å². The van der Waals surface area contributed by atoms with Gasteiger partial charge in [-0.15, -0.1) is 12.4 Å². The summed E-state index contributed by atoms with van der Waals surface area (Å²) in [5.74, 6) is 0.762. The number of amides is 1. The predicted octanol–water partition coefficient (Wildman–Crippen LogP) is 4.27. The largest absolute Gasteiger partial charge is 0.324 e. The van der Waals surface area contributed by atoms with Gasteiger partial charge < -0.3 is 14.7 Å². The zero-order chi connectivity index (χ0) is 18.7. The molecule has 0 aliphatic carbocycles. The third kappa shape index (κ3) is 4.25. The van der Waals surface area contributed by atoms with Gasteiger partial charge in [-0.1, -0.05) is 26.0 Å². The minimum atomic E-state index is -0.00815. The van der Waals surface area contributed by atoms with Crippen molar-refractivity contribution in [1.82, 2.24) is 9.88 Å². The molecule has 0 fully saturated rings. The lowest BCUT2D eigenvalue weighted by Crippen LogP contribution is -2.28. The summed E-state index contributed by atoms with van der Waals surface area (Å²) in [4.78, 5) is 24.1. The second-order valence-corrected chi connectivity index (χ2v) is 6.71. The monoisotopic (exact) mass is 388 g/mol. The van der Waals surface area contributed by atoms with Gasteiger partial charge in [0.15, 0.2) is 0 Å². The molecule has 6 heteroatoms. The third-order valence-electron chi connectivity index (χ3n) is 5.09. The maximum absolute atomic E-state index is 13.0. The van der Waals surface area contributed by atoms with Gasteiger partial charge in [0, 0.05) is 19.3 Å². The fourth-order valence-electron chi connectivity index (χ4n) is 3.51. The molecule has 5 nitrogen and oxygen atoms in total. The van der Waals surface area contributed by atoms with Crippen molar-refractivity contribution in [3.8, 4) is 0 Å². The van der Waals surface area contributed by atoms with Crippen LogP contribution in [0.2, 0.25) is 0 Å². The molecular formula is C21H29ClN4O.